The predicted molar refractivity (Wildman–Crippen MR) is 110 cm³/mol. The topological polar surface area (TPSA) is 0 Å². The first kappa shape index (κ1) is 21.9. The Labute approximate surface area is 161 Å². The third kappa shape index (κ3) is 12.2. The molecule has 0 aromatic heterocycles. The van der Waals surface area contributed by atoms with E-state index >= 15 is 0 Å². The minimum atomic E-state index is 0.725. The van der Waals surface area contributed by atoms with Crippen LogP contribution in [0.5, 0.6) is 0 Å². The Morgan fingerprint density at radius 1 is 0.625 bits per heavy atom. The summed E-state index contributed by atoms with van der Waals surface area (Å²) in [5, 5.41) is 0. The number of hydrogen-bond acceptors (Lipinski definition) is 0. The second kappa shape index (κ2) is 16.3. The van der Waals surface area contributed by atoms with E-state index in [2.05, 4.69) is 55.0 Å². The van der Waals surface area contributed by atoms with Crippen LogP contribution >= 0.6 is 0 Å². The SMILES string of the molecule is [Li][CH](CCCCCCCCCCCCCCCC)c1ccccc1. The van der Waals surface area contributed by atoms with Crippen LogP contribution < -0.4 is 0 Å². The van der Waals surface area contributed by atoms with Gasteiger partial charge in [-0.3, -0.25) is 0 Å². The Hall–Kier alpha value is -0.183. The van der Waals surface area contributed by atoms with Crippen molar-refractivity contribution < 1.29 is 0 Å². The fraction of sp³-hybridized carbons (Fsp3) is 0.739. The first-order chi connectivity index (χ1) is 11.8. The van der Waals surface area contributed by atoms with E-state index in [9.17, 15) is 0 Å². The third-order valence-corrected chi connectivity index (χ3v) is 5.36. The second-order valence-corrected chi connectivity index (χ2v) is 7.70. The number of hydrogen-bond donors (Lipinski definition) is 0. The first-order valence-electron chi connectivity index (χ1n) is 10.9. The molecular weight excluding hydrogens is 283 g/mol. The van der Waals surface area contributed by atoms with Gasteiger partial charge in [-0.1, -0.05) is 32.6 Å². The van der Waals surface area contributed by atoms with Gasteiger partial charge in [-0.2, -0.15) is 0 Å². The summed E-state index contributed by atoms with van der Waals surface area (Å²) in [5.41, 5.74) is 1.51. The average molecular weight is 323 g/mol. The molecule has 0 aliphatic carbocycles. The Morgan fingerprint density at radius 3 is 1.50 bits per heavy atom. The Balaban J connectivity index is 1.79. The molecule has 0 radical (unpaired) electrons. The number of rotatable bonds is 16. The zero-order valence-corrected chi connectivity index (χ0v) is 16.6. The molecule has 132 valence electrons. The van der Waals surface area contributed by atoms with Crippen LogP contribution in [0.2, 0.25) is 0 Å². The predicted octanol–water partition coefficient (Wildman–Crippen LogP) is 7.77. The van der Waals surface area contributed by atoms with Crippen molar-refractivity contribution >= 4 is 17.7 Å². The number of unbranched alkanes of at least 4 members (excludes halogenated alkanes) is 13. The van der Waals surface area contributed by atoms with E-state index in [4.69, 9.17) is 0 Å². The summed E-state index contributed by atoms with van der Waals surface area (Å²) in [6, 6.07) is 11.0. The molecule has 0 fully saturated rings. The zero-order valence-electron chi connectivity index (χ0n) is 16.6. The van der Waals surface area contributed by atoms with E-state index in [-0.39, 0.29) is 0 Å². The van der Waals surface area contributed by atoms with Gasteiger partial charge in [0.2, 0.25) is 0 Å². The number of benzene rings is 1. The van der Waals surface area contributed by atoms with Crippen molar-refractivity contribution in [2.75, 3.05) is 0 Å². The van der Waals surface area contributed by atoms with Crippen molar-refractivity contribution in [3.63, 3.8) is 0 Å². The van der Waals surface area contributed by atoms with Gasteiger partial charge in [0.05, 0.1) is 0 Å². The minimum absolute atomic E-state index is 0.725. The van der Waals surface area contributed by atoms with Gasteiger partial charge in [0.25, 0.3) is 0 Å². The van der Waals surface area contributed by atoms with Gasteiger partial charge in [0.15, 0.2) is 0 Å². The van der Waals surface area contributed by atoms with Crippen LogP contribution in [-0.4, -0.2) is 17.7 Å². The van der Waals surface area contributed by atoms with Gasteiger partial charge >= 0.3 is 129 Å². The molecule has 0 aliphatic rings. The summed E-state index contributed by atoms with van der Waals surface area (Å²) in [6.45, 7) is 2.30. The Kier molecular flexibility index (Phi) is 14.8. The molecule has 1 heteroatoms. The van der Waals surface area contributed by atoms with E-state index in [1.807, 2.05) is 0 Å². The normalized spacial score (nSPS) is 12.5. The van der Waals surface area contributed by atoms with Crippen LogP contribution in [0.1, 0.15) is 113 Å². The standard InChI is InChI=1S/C23H39.Li/c1-2-3-4-5-6-7-8-9-10-11-12-13-14-15-17-20-23-21-18-16-19-22-23;/h16,18-22H,2-15,17H2,1H3;. The summed E-state index contributed by atoms with van der Waals surface area (Å²) in [5.74, 6) is 0. The molecule has 1 unspecified atom stereocenters. The quantitative estimate of drug-likeness (QED) is 0.215. The summed E-state index contributed by atoms with van der Waals surface area (Å²) in [6.07, 6.45) is 21.6. The van der Waals surface area contributed by atoms with E-state index < -0.39 is 0 Å². The molecule has 0 bridgehead atoms. The third-order valence-electron chi connectivity index (χ3n) is 5.36. The van der Waals surface area contributed by atoms with Crippen molar-refractivity contribution in [3.05, 3.63) is 35.9 Å². The van der Waals surface area contributed by atoms with Crippen LogP contribution in [0.4, 0.5) is 0 Å². The molecule has 0 amide bonds. The first-order valence-corrected chi connectivity index (χ1v) is 10.9. The fourth-order valence-corrected chi connectivity index (χ4v) is 3.59. The molecule has 0 spiro atoms. The molecular formula is C23H39Li. The molecule has 1 aromatic carbocycles. The molecule has 0 heterocycles. The summed E-state index contributed by atoms with van der Waals surface area (Å²) in [7, 11) is 0. The average Bonchev–Trinajstić information content (AvgIpc) is 2.62. The van der Waals surface area contributed by atoms with Crippen LogP contribution in [0.25, 0.3) is 0 Å². The Bertz CT molecular complexity index is 360. The Morgan fingerprint density at radius 2 is 1.04 bits per heavy atom. The maximum atomic E-state index is 2.37. The molecule has 1 aromatic rings. The summed E-state index contributed by atoms with van der Waals surface area (Å²) < 4.78 is 0.725. The van der Waals surface area contributed by atoms with Crippen molar-refractivity contribution in [2.45, 2.75) is 108 Å². The van der Waals surface area contributed by atoms with Crippen molar-refractivity contribution in [1.82, 2.24) is 0 Å². The van der Waals surface area contributed by atoms with Gasteiger partial charge in [0, 0.05) is 0 Å². The zero-order chi connectivity index (χ0) is 17.3. The molecule has 0 N–H and O–H groups in total. The van der Waals surface area contributed by atoms with Crippen molar-refractivity contribution in [2.24, 2.45) is 0 Å². The van der Waals surface area contributed by atoms with E-state index in [0.29, 0.717) is 0 Å². The molecule has 0 aliphatic heterocycles. The van der Waals surface area contributed by atoms with E-state index in [1.165, 1.54) is 102 Å². The van der Waals surface area contributed by atoms with Gasteiger partial charge in [-0.05, 0) is 0 Å². The van der Waals surface area contributed by atoms with Crippen molar-refractivity contribution in [3.8, 4) is 0 Å². The van der Waals surface area contributed by atoms with Gasteiger partial charge in [0.1, 0.15) is 0 Å². The summed E-state index contributed by atoms with van der Waals surface area (Å²) in [4.78, 5) is 0. The maximum absolute atomic E-state index is 2.37. The van der Waals surface area contributed by atoms with Crippen LogP contribution in [0, 0.1) is 0 Å². The van der Waals surface area contributed by atoms with Crippen LogP contribution in [-0.2, 0) is 0 Å². The van der Waals surface area contributed by atoms with Crippen LogP contribution in [0.15, 0.2) is 30.3 Å². The second-order valence-electron chi connectivity index (χ2n) is 7.70. The van der Waals surface area contributed by atoms with Crippen LogP contribution in [0.3, 0.4) is 0 Å². The van der Waals surface area contributed by atoms with E-state index in [1.54, 1.807) is 0 Å². The molecule has 0 saturated heterocycles. The molecule has 0 saturated carbocycles. The summed E-state index contributed by atoms with van der Waals surface area (Å²) >= 11 is 2.37. The van der Waals surface area contributed by atoms with Gasteiger partial charge in [-0.25, -0.2) is 0 Å². The van der Waals surface area contributed by atoms with E-state index in [0.717, 1.165) is 4.59 Å². The molecule has 1 rings (SSSR count). The molecule has 0 nitrogen and oxygen atoms in total. The molecule has 1 atom stereocenters. The molecule has 24 heavy (non-hydrogen) atoms. The van der Waals surface area contributed by atoms with Gasteiger partial charge in [-0.15, -0.1) is 0 Å². The van der Waals surface area contributed by atoms with Crippen molar-refractivity contribution in [1.29, 1.82) is 0 Å². The van der Waals surface area contributed by atoms with Gasteiger partial charge < -0.3 is 0 Å². The monoisotopic (exact) mass is 322 g/mol. The fourth-order valence-electron chi connectivity index (χ4n) is 3.59.